The smallest absolute Gasteiger partial charge is 0.222 e. The fourth-order valence-electron chi connectivity index (χ4n) is 2.59. The van der Waals surface area contributed by atoms with Crippen molar-refractivity contribution in [2.45, 2.75) is 52.6 Å². The molecule has 0 atom stereocenters. The lowest BCUT2D eigenvalue weighted by atomic mass is 9.97. The summed E-state index contributed by atoms with van der Waals surface area (Å²) in [6.45, 7) is 11.3. The first kappa shape index (κ1) is 16.0. The van der Waals surface area contributed by atoms with Gasteiger partial charge in [0.05, 0.1) is 11.8 Å². The maximum Gasteiger partial charge on any atom is 0.222 e. The van der Waals surface area contributed by atoms with Crippen LogP contribution in [0.25, 0.3) is 0 Å². The third-order valence-electron chi connectivity index (χ3n) is 3.95. The van der Waals surface area contributed by atoms with E-state index in [-0.39, 0.29) is 0 Å². The average molecular weight is 292 g/mol. The maximum atomic E-state index is 5.84. The standard InChI is InChI=1S/C16H28N4O/c1-11(2)14-9-15(19-16(17)18-14)20-7-5-13(6-8-20)10-21-12(3)4/h9,11-13H,5-8,10H2,1-4H3,(H2,17,18,19). The topological polar surface area (TPSA) is 64.3 Å². The molecule has 1 fully saturated rings. The molecular weight excluding hydrogens is 264 g/mol. The van der Waals surface area contributed by atoms with Crippen LogP contribution < -0.4 is 10.6 Å². The Bertz CT molecular complexity index is 454. The Labute approximate surface area is 127 Å². The van der Waals surface area contributed by atoms with Crippen molar-refractivity contribution < 1.29 is 4.74 Å². The number of nitrogens with two attached hydrogens (primary N) is 1. The van der Waals surface area contributed by atoms with E-state index < -0.39 is 0 Å². The van der Waals surface area contributed by atoms with E-state index in [4.69, 9.17) is 10.5 Å². The van der Waals surface area contributed by atoms with Crippen LogP contribution in [0.4, 0.5) is 11.8 Å². The Kier molecular flexibility index (Phi) is 5.39. The number of nitrogens with zero attached hydrogens (tertiary/aromatic N) is 3. The van der Waals surface area contributed by atoms with E-state index in [0.29, 0.717) is 23.9 Å². The molecule has 0 aliphatic carbocycles. The van der Waals surface area contributed by atoms with Gasteiger partial charge in [-0.1, -0.05) is 13.8 Å². The van der Waals surface area contributed by atoms with Gasteiger partial charge in [-0.15, -0.1) is 0 Å². The number of piperidine rings is 1. The molecular formula is C16H28N4O. The highest BCUT2D eigenvalue weighted by Gasteiger charge is 2.21. The summed E-state index contributed by atoms with van der Waals surface area (Å²) in [5.74, 6) is 2.37. The molecule has 2 rings (SSSR count). The fraction of sp³-hybridized carbons (Fsp3) is 0.750. The summed E-state index contributed by atoms with van der Waals surface area (Å²) in [4.78, 5) is 11.0. The van der Waals surface area contributed by atoms with E-state index in [0.717, 1.165) is 44.0 Å². The van der Waals surface area contributed by atoms with Gasteiger partial charge >= 0.3 is 0 Å². The highest BCUT2D eigenvalue weighted by molar-refractivity contribution is 5.44. The minimum atomic E-state index is 0.318. The second kappa shape index (κ2) is 7.07. The van der Waals surface area contributed by atoms with Gasteiger partial charge in [0.15, 0.2) is 0 Å². The summed E-state index contributed by atoms with van der Waals surface area (Å²) in [6, 6.07) is 2.08. The van der Waals surface area contributed by atoms with Crippen LogP contribution in [-0.2, 0) is 4.74 Å². The Hall–Kier alpha value is -1.36. The van der Waals surface area contributed by atoms with Gasteiger partial charge in [-0.2, -0.15) is 4.98 Å². The quantitative estimate of drug-likeness (QED) is 0.904. The maximum absolute atomic E-state index is 5.84. The van der Waals surface area contributed by atoms with E-state index >= 15 is 0 Å². The summed E-state index contributed by atoms with van der Waals surface area (Å²) in [6.07, 6.45) is 2.61. The fourth-order valence-corrected chi connectivity index (χ4v) is 2.59. The molecule has 1 saturated heterocycles. The van der Waals surface area contributed by atoms with E-state index in [1.807, 2.05) is 0 Å². The molecule has 0 saturated carbocycles. The molecule has 5 nitrogen and oxygen atoms in total. The first-order chi connectivity index (χ1) is 9.95. The van der Waals surface area contributed by atoms with Crippen molar-refractivity contribution in [2.24, 2.45) is 5.92 Å². The zero-order valence-electron chi connectivity index (χ0n) is 13.7. The third kappa shape index (κ3) is 4.56. The van der Waals surface area contributed by atoms with Crippen molar-refractivity contribution in [3.8, 4) is 0 Å². The van der Waals surface area contributed by atoms with Crippen LogP contribution in [-0.4, -0.2) is 35.8 Å². The minimum Gasteiger partial charge on any atom is -0.379 e. The van der Waals surface area contributed by atoms with Gasteiger partial charge < -0.3 is 15.4 Å². The Balaban J connectivity index is 1.96. The zero-order valence-corrected chi connectivity index (χ0v) is 13.7. The second-order valence-corrected chi connectivity index (χ2v) is 6.48. The molecule has 0 amide bonds. The van der Waals surface area contributed by atoms with Gasteiger partial charge in [-0.3, -0.25) is 0 Å². The summed E-state index contributed by atoms with van der Waals surface area (Å²) in [5.41, 5.74) is 6.86. The van der Waals surface area contributed by atoms with E-state index in [1.165, 1.54) is 0 Å². The summed E-state index contributed by atoms with van der Waals surface area (Å²) >= 11 is 0. The molecule has 5 heteroatoms. The number of ether oxygens (including phenoxy) is 1. The Morgan fingerprint density at radius 1 is 1.24 bits per heavy atom. The summed E-state index contributed by atoms with van der Waals surface area (Å²) in [5, 5.41) is 0. The van der Waals surface area contributed by atoms with Crippen molar-refractivity contribution in [3.63, 3.8) is 0 Å². The van der Waals surface area contributed by atoms with Crippen LogP contribution in [0, 0.1) is 5.92 Å². The van der Waals surface area contributed by atoms with Gasteiger partial charge in [-0.05, 0) is 38.5 Å². The number of aromatic nitrogens is 2. The molecule has 0 radical (unpaired) electrons. The Morgan fingerprint density at radius 3 is 2.48 bits per heavy atom. The predicted octanol–water partition coefficient (Wildman–Crippen LogP) is 2.82. The molecule has 2 heterocycles. The molecule has 0 spiro atoms. The normalized spacial score (nSPS) is 17.0. The number of rotatable bonds is 5. The lowest BCUT2D eigenvalue weighted by molar-refractivity contribution is 0.0449. The highest BCUT2D eigenvalue weighted by atomic mass is 16.5. The average Bonchev–Trinajstić information content (AvgIpc) is 2.45. The monoisotopic (exact) mass is 292 g/mol. The first-order valence-electron chi connectivity index (χ1n) is 7.96. The minimum absolute atomic E-state index is 0.318. The lowest BCUT2D eigenvalue weighted by Crippen LogP contribution is -2.36. The van der Waals surface area contributed by atoms with Crippen molar-refractivity contribution in [1.82, 2.24) is 9.97 Å². The molecule has 2 N–H and O–H groups in total. The van der Waals surface area contributed by atoms with E-state index in [9.17, 15) is 0 Å². The van der Waals surface area contributed by atoms with Gasteiger partial charge in [0.2, 0.25) is 5.95 Å². The molecule has 118 valence electrons. The van der Waals surface area contributed by atoms with Crippen LogP contribution in [0.1, 0.15) is 52.1 Å². The molecule has 1 aromatic heterocycles. The van der Waals surface area contributed by atoms with Crippen LogP contribution in [0.5, 0.6) is 0 Å². The second-order valence-electron chi connectivity index (χ2n) is 6.48. The highest BCUT2D eigenvalue weighted by Crippen LogP contribution is 2.25. The first-order valence-corrected chi connectivity index (χ1v) is 7.96. The van der Waals surface area contributed by atoms with Crippen molar-refractivity contribution >= 4 is 11.8 Å². The Morgan fingerprint density at radius 2 is 1.90 bits per heavy atom. The van der Waals surface area contributed by atoms with Crippen LogP contribution in [0.15, 0.2) is 6.07 Å². The third-order valence-corrected chi connectivity index (χ3v) is 3.95. The largest absolute Gasteiger partial charge is 0.379 e. The van der Waals surface area contributed by atoms with Gasteiger partial charge in [0.25, 0.3) is 0 Å². The van der Waals surface area contributed by atoms with Crippen LogP contribution in [0.2, 0.25) is 0 Å². The van der Waals surface area contributed by atoms with Gasteiger partial charge in [0.1, 0.15) is 5.82 Å². The van der Waals surface area contributed by atoms with Gasteiger partial charge in [0, 0.05) is 25.8 Å². The molecule has 1 aromatic rings. The van der Waals surface area contributed by atoms with E-state index in [2.05, 4.69) is 48.6 Å². The SMILES string of the molecule is CC(C)OCC1CCN(c2cc(C(C)C)nc(N)n2)CC1. The van der Waals surface area contributed by atoms with Gasteiger partial charge in [-0.25, -0.2) is 4.98 Å². The lowest BCUT2D eigenvalue weighted by Gasteiger charge is -2.33. The molecule has 1 aliphatic heterocycles. The molecule has 0 aromatic carbocycles. The van der Waals surface area contributed by atoms with E-state index in [1.54, 1.807) is 0 Å². The number of anilines is 2. The van der Waals surface area contributed by atoms with Crippen molar-refractivity contribution in [2.75, 3.05) is 30.3 Å². The molecule has 21 heavy (non-hydrogen) atoms. The van der Waals surface area contributed by atoms with Crippen LogP contribution in [0.3, 0.4) is 0 Å². The number of hydrogen-bond donors (Lipinski definition) is 1. The molecule has 1 aliphatic rings. The molecule has 0 unspecified atom stereocenters. The van der Waals surface area contributed by atoms with Crippen molar-refractivity contribution in [1.29, 1.82) is 0 Å². The predicted molar refractivity (Wildman–Crippen MR) is 86.6 cm³/mol. The summed E-state index contributed by atoms with van der Waals surface area (Å²) in [7, 11) is 0. The number of hydrogen-bond acceptors (Lipinski definition) is 5. The van der Waals surface area contributed by atoms with Crippen LogP contribution >= 0.6 is 0 Å². The number of nitrogen functional groups attached to an aromatic ring is 1. The zero-order chi connectivity index (χ0) is 15.4. The summed E-state index contributed by atoms with van der Waals surface area (Å²) < 4.78 is 5.73. The van der Waals surface area contributed by atoms with Crippen molar-refractivity contribution in [3.05, 3.63) is 11.8 Å². The molecule has 0 bridgehead atoms.